The van der Waals surface area contributed by atoms with Crippen molar-refractivity contribution in [1.82, 2.24) is 24.8 Å². The average molecular weight is 493 g/mol. The maximum absolute atomic E-state index is 12.8. The number of nitrogens with one attached hydrogen (secondary N) is 2. The van der Waals surface area contributed by atoms with Gasteiger partial charge in [-0.15, -0.1) is 0 Å². The summed E-state index contributed by atoms with van der Waals surface area (Å²) in [6, 6.07) is 19.2. The van der Waals surface area contributed by atoms with Crippen molar-refractivity contribution in [1.29, 1.82) is 0 Å². The van der Waals surface area contributed by atoms with E-state index in [1.807, 2.05) is 48.7 Å². The van der Waals surface area contributed by atoms with E-state index in [1.54, 1.807) is 37.7 Å². The Hall–Kier alpha value is -4.72. The Balaban J connectivity index is 1.42. The summed E-state index contributed by atoms with van der Waals surface area (Å²) in [7, 11) is 1.59. The van der Waals surface area contributed by atoms with Gasteiger partial charge in [0, 0.05) is 47.7 Å². The molecule has 3 heterocycles. The Kier molecular flexibility index (Phi) is 6.81. The van der Waals surface area contributed by atoms with Crippen LogP contribution in [-0.2, 0) is 6.54 Å². The molecule has 0 aliphatic rings. The van der Waals surface area contributed by atoms with Crippen molar-refractivity contribution in [2.75, 3.05) is 12.4 Å². The van der Waals surface area contributed by atoms with Crippen molar-refractivity contribution in [3.63, 3.8) is 0 Å². The number of nitrogens with zero attached hydrogens (tertiary/aromatic N) is 4. The summed E-state index contributed by atoms with van der Waals surface area (Å²) in [5, 5.41) is 7.26. The molecule has 2 N–H and O–H groups in total. The zero-order valence-corrected chi connectivity index (χ0v) is 21.0. The van der Waals surface area contributed by atoms with Gasteiger partial charge in [0.2, 0.25) is 5.95 Å². The van der Waals surface area contributed by atoms with Crippen molar-refractivity contribution >= 4 is 28.4 Å². The molecule has 0 saturated heterocycles. The summed E-state index contributed by atoms with van der Waals surface area (Å²) in [4.78, 5) is 26.3. The summed E-state index contributed by atoms with van der Waals surface area (Å²) in [5.41, 5.74) is 4.96. The second kappa shape index (κ2) is 10.5. The highest BCUT2D eigenvalue weighted by atomic mass is 16.5. The monoisotopic (exact) mass is 492 g/mol. The number of aromatic nitrogens is 4. The van der Waals surface area contributed by atoms with Gasteiger partial charge >= 0.3 is 0 Å². The molecule has 0 atom stereocenters. The van der Waals surface area contributed by atoms with Crippen LogP contribution in [0.1, 0.15) is 35.8 Å². The molecule has 0 spiro atoms. The highest BCUT2D eigenvalue weighted by Gasteiger charge is 2.15. The number of carbonyl (C=O) groups excluding carboxylic acids is 1. The van der Waals surface area contributed by atoms with Gasteiger partial charge in [0.05, 0.1) is 30.2 Å². The van der Waals surface area contributed by atoms with Crippen molar-refractivity contribution in [3.05, 3.63) is 96.6 Å². The first-order chi connectivity index (χ1) is 18.0. The number of rotatable bonds is 8. The summed E-state index contributed by atoms with van der Waals surface area (Å²) < 4.78 is 7.71. The normalized spacial score (nSPS) is 11.0. The molecule has 8 heteroatoms. The van der Waals surface area contributed by atoms with E-state index in [0.29, 0.717) is 29.5 Å². The first-order valence-electron chi connectivity index (χ1n) is 12.1. The lowest BCUT2D eigenvalue weighted by molar-refractivity contribution is 0.0951. The number of pyridine rings is 1. The van der Waals surface area contributed by atoms with E-state index in [2.05, 4.69) is 45.2 Å². The summed E-state index contributed by atoms with van der Waals surface area (Å²) in [5.74, 6) is 0.799. The quantitative estimate of drug-likeness (QED) is 0.286. The molecule has 3 aromatic heterocycles. The molecular weight excluding hydrogens is 464 g/mol. The Labute approximate surface area is 215 Å². The van der Waals surface area contributed by atoms with Crippen LogP contribution >= 0.6 is 0 Å². The van der Waals surface area contributed by atoms with Crippen LogP contribution in [0.3, 0.4) is 0 Å². The molecule has 2 aromatic carbocycles. The number of fused-ring (bicyclic) bond motifs is 1. The molecule has 0 aliphatic heterocycles. The van der Waals surface area contributed by atoms with Gasteiger partial charge in [0.15, 0.2) is 0 Å². The lowest BCUT2D eigenvalue weighted by Crippen LogP contribution is -2.22. The largest absolute Gasteiger partial charge is 0.495 e. The fraction of sp³-hybridized carbons (Fsp3) is 0.172. The Bertz CT molecular complexity index is 1550. The minimum atomic E-state index is -0.181. The molecule has 5 rings (SSSR count). The van der Waals surface area contributed by atoms with Crippen LogP contribution in [0.15, 0.2) is 85.5 Å². The van der Waals surface area contributed by atoms with Crippen molar-refractivity contribution in [3.8, 4) is 17.0 Å². The van der Waals surface area contributed by atoms with Crippen LogP contribution in [0.25, 0.3) is 22.2 Å². The standard InChI is InChI=1S/C29H28N6O2/c1-19(2)35-18-23(22-11-13-30-17-26(22)35)24-12-14-31-29(33-24)34-25-15-21(9-10-27(25)37-3)28(36)32-16-20-7-5-4-6-8-20/h4-15,17-19H,16H2,1-3H3,(H,32,36)(H,31,33,34). The molecule has 1 amide bonds. The van der Waals surface area contributed by atoms with Gasteiger partial charge in [0.1, 0.15) is 5.75 Å². The Morgan fingerprint density at radius 1 is 1.05 bits per heavy atom. The van der Waals surface area contributed by atoms with E-state index in [0.717, 1.165) is 27.7 Å². The van der Waals surface area contributed by atoms with E-state index in [4.69, 9.17) is 9.72 Å². The molecule has 186 valence electrons. The second-order valence-corrected chi connectivity index (χ2v) is 8.91. The minimum absolute atomic E-state index is 0.181. The molecule has 0 bridgehead atoms. The molecule has 0 radical (unpaired) electrons. The van der Waals surface area contributed by atoms with Gasteiger partial charge in [-0.2, -0.15) is 0 Å². The van der Waals surface area contributed by atoms with Crippen LogP contribution in [0.2, 0.25) is 0 Å². The number of ether oxygens (including phenoxy) is 1. The fourth-order valence-electron chi connectivity index (χ4n) is 4.25. The highest BCUT2D eigenvalue weighted by molar-refractivity contribution is 5.96. The van der Waals surface area contributed by atoms with E-state index in [-0.39, 0.29) is 11.9 Å². The molecule has 37 heavy (non-hydrogen) atoms. The second-order valence-electron chi connectivity index (χ2n) is 8.91. The number of hydrogen-bond donors (Lipinski definition) is 2. The predicted molar refractivity (Wildman–Crippen MR) is 145 cm³/mol. The number of carbonyl (C=O) groups is 1. The topological polar surface area (TPSA) is 94.0 Å². The smallest absolute Gasteiger partial charge is 0.251 e. The van der Waals surface area contributed by atoms with Gasteiger partial charge in [0.25, 0.3) is 5.91 Å². The first kappa shape index (κ1) is 24.0. The Morgan fingerprint density at radius 2 is 1.89 bits per heavy atom. The molecule has 0 saturated carbocycles. The average Bonchev–Trinajstić information content (AvgIpc) is 3.33. The summed E-state index contributed by atoms with van der Waals surface area (Å²) >= 11 is 0. The van der Waals surface area contributed by atoms with Gasteiger partial charge in [-0.25, -0.2) is 9.97 Å². The highest BCUT2D eigenvalue weighted by Crippen LogP contribution is 2.32. The molecule has 0 unspecified atom stereocenters. The number of anilines is 2. The maximum Gasteiger partial charge on any atom is 0.251 e. The predicted octanol–water partition coefficient (Wildman–Crippen LogP) is 5.76. The number of benzene rings is 2. The van der Waals surface area contributed by atoms with Gasteiger partial charge in [-0.05, 0) is 49.7 Å². The lowest BCUT2D eigenvalue weighted by atomic mass is 10.1. The zero-order chi connectivity index (χ0) is 25.8. The number of methoxy groups -OCH3 is 1. The fourth-order valence-corrected chi connectivity index (χ4v) is 4.25. The molecular formula is C29H28N6O2. The summed E-state index contributed by atoms with van der Waals surface area (Å²) in [6.45, 7) is 4.72. The molecule has 0 aliphatic carbocycles. The van der Waals surface area contributed by atoms with Crippen LogP contribution in [0.4, 0.5) is 11.6 Å². The number of hydrogen-bond acceptors (Lipinski definition) is 6. The third kappa shape index (κ3) is 5.13. The van der Waals surface area contributed by atoms with Crippen LogP contribution in [0.5, 0.6) is 5.75 Å². The van der Waals surface area contributed by atoms with Crippen LogP contribution in [0, 0.1) is 0 Å². The van der Waals surface area contributed by atoms with Crippen LogP contribution < -0.4 is 15.4 Å². The first-order valence-corrected chi connectivity index (χ1v) is 12.1. The summed E-state index contributed by atoms with van der Waals surface area (Å²) in [6.07, 6.45) is 7.48. The molecule has 8 nitrogen and oxygen atoms in total. The van der Waals surface area contributed by atoms with Gasteiger partial charge in [-0.3, -0.25) is 9.78 Å². The van der Waals surface area contributed by atoms with Crippen molar-refractivity contribution < 1.29 is 9.53 Å². The minimum Gasteiger partial charge on any atom is -0.495 e. The number of amides is 1. The zero-order valence-electron chi connectivity index (χ0n) is 21.0. The van der Waals surface area contributed by atoms with Crippen LogP contribution in [-0.4, -0.2) is 32.5 Å². The molecule has 0 fully saturated rings. The van der Waals surface area contributed by atoms with E-state index in [9.17, 15) is 4.79 Å². The lowest BCUT2D eigenvalue weighted by Gasteiger charge is -2.13. The van der Waals surface area contributed by atoms with Crippen molar-refractivity contribution in [2.24, 2.45) is 0 Å². The maximum atomic E-state index is 12.8. The SMILES string of the molecule is COc1ccc(C(=O)NCc2ccccc2)cc1Nc1nccc(-c2cn(C(C)C)c3cnccc23)n1. The molecule has 5 aromatic rings. The van der Waals surface area contributed by atoms with E-state index in [1.165, 1.54) is 0 Å². The van der Waals surface area contributed by atoms with E-state index < -0.39 is 0 Å². The van der Waals surface area contributed by atoms with Crippen molar-refractivity contribution in [2.45, 2.75) is 26.4 Å². The Morgan fingerprint density at radius 3 is 2.68 bits per heavy atom. The third-order valence-electron chi connectivity index (χ3n) is 6.13. The van der Waals surface area contributed by atoms with E-state index >= 15 is 0 Å². The van der Waals surface area contributed by atoms with Gasteiger partial charge in [-0.1, -0.05) is 30.3 Å². The third-order valence-corrected chi connectivity index (χ3v) is 6.13. The van der Waals surface area contributed by atoms with Gasteiger partial charge < -0.3 is 19.9 Å².